The molecular weight excluding hydrogens is 374 g/mol. The van der Waals surface area contributed by atoms with E-state index >= 15 is 0 Å². The molecule has 0 aromatic carbocycles. The van der Waals surface area contributed by atoms with Crippen LogP contribution in [0.4, 0.5) is 4.79 Å². The Kier molecular flexibility index (Phi) is 5.54. The molecule has 9 heteroatoms. The molecule has 9 nitrogen and oxygen atoms in total. The van der Waals surface area contributed by atoms with Crippen LogP contribution in [0.3, 0.4) is 0 Å². The summed E-state index contributed by atoms with van der Waals surface area (Å²) in [6.07, 6.45) is 4.69. The zero-order valence-corrected chi connectivity index (χ0v) is 17.5. The van der Waals surface area contributed by atoms with Crippen molar-refractivity contribution in [3.8, 4) is 0 Å². The van der Waals surface area contributed by atoms with Gasteiger partial charge in [-0.2, -0.15) is 5.10 Å². The molecule has 158 valence electrons. The SMILES string of the molecule is Cn1nc(C(=O)O)c2c1CCN(C(=O)NC1CC(C)(C)CC(C)(CN=C=O)C1)C2. The first kappa shape index (κ1) is 21.0. The number of amides is 2. The van der Waals surface area contributed by atoms with Gasteiger partial charge in [0.25, 0.3) is 0 Å². The molecule has 1 aromatic heterocycles. The van der Waals surface area contributed by atoms with E-state index in [9.17, 15) is 19.5 Å². The van der Waals surface area contributed by atoms with Crippen LogP contribution in [-0.4, -0.2) is 57.0 Å². The maximum absolute atomic E-state index is 13.0. The number of nitrogens with one attached hydrogen (secondary N) is 1. The number of isocyanates is 1. The summed E-state index contributed by atoms with van der Waals surface area (Å²) in [5.41, 5.74) is 1.32. The highest BCUT2D eigenvalue weighted by molar-refractivity contribution is 5.88. The maximum atomic E-state index is 13.0. The monoisotopic (exact) mass is 403 g/mol. The molecule has 2 amide bonds. The maximum Gasteiger partial charge on any atom is 0.356 e. The van der Waals surface area contributed by atoms with Gasteiger partial charge in [-0.3, -0.25) is 4.68 Å². The second-order valence-corrected chi connectivity index (χ2v) is 9.49. The van der Waals surface area contributed by atoms with Gasteiger partial charge >= 0.3 is 12.0 Å². The fourth-order valence-electron chi connectivity index (χ4n) is 5.28. The Balaban J connectivity index is 1.72. The number of aryl methyl sites for hydroxylation is 1. The quantitative estimate of drug-likeness (QED) is 0.590. The molecule has 2 atom stereocenters. The number of carbonyl (C=O) groups excluding carboxylic acids is 2. The molecule has 2 unspecified atom stereocenters. The molecule has 0 spiro atoms. The Hall–Kier alpha value is -2.67. The van der Waals surface area contributed by atoms with E-state index in [1.807, 2.05) is 0 Å². The van der Waals surface area contributed by atoms with Crippen LogP contribution in [0, 0.1) is 10.8 Å². The number of hydrogen-bond donors (Lipinski definition) is 2. The number of aromatic carboxylic acids is 1. The second-order valence-electron chi connectivity index (χ2n) is 9.49. The molecule has 1 fully saturated rings. The molecule has 2 aliphatic rings. The van der Waals surface area contributed by atoms with E-state index < -0.39 is 5.97 Å². The van der Waals surface area contributed by atoms with Crippen molar-refractivity contribution < 1.29 is 19.5 Å². The molecule has 0 radical (unpaired) electrons. The Morgan fingerprint density at radius 2 is 2.07 bits per heavy atom. The van der Waals surface area contributed by atoms with Crippen LogP contribution in [-0.2, 0) is 24.8 Å². The van der Waals surface area contributed by atoms with Gasteiger partial charge in [0.2, 0.25) is 6.08 Å². The van der Waals surface area contributed by atoms with Crippen LogP contribution < -0.4 is 5.32 Å². The number of aliphatic imine (C=N–C) groups is 1. The average Bonchev–Trinajstić information content (AvgIpc) is 2.95. The smallest absolute Gasteiger partial charge is 0.356 e. The summed E-state index contributed by atoms with van der Waals surface area (Å²) in [6.45, 7) is 7.57. The third-order valence-electron chi connectivity index (χ3n) is 6.03. The van der Waals surface area contributed by atoms with Gasteiger partial charge in [-0.05, 0) is 30.1 Å². The zero-order chi connectivity index (χ0) is 21.4. The van der Waals surface area contributed by atoms with Crippen LogP contribution in [0.5, 0.6) is 0 Å². The third-order valence-corrected chi connectivity index (χ3v) is 6.03. The summed E-state index contributed by atoms with van der Waals surface area (Å²) in [6, 6.07) is -0.230. The predicted molar refractivity (Wildman–Crippen MR) is 105 cm³/mol. The minimum absolute atomic E-state index is 0.0121. The first-order valence-electron chi connectivity index (χ1n) is 9.91. The van der Waals surface area contributed by atoms with Crippen molar-refractivity contribution in [1.29, 1.82) is 0 Å². The lowest BCUT2D eigenvalue weighted by Crippen LogP contribution is -2.52. The highest BCUT2D eigenvalue weighted by Gasteiger charge is 2.42. The number of carboxylic acids is 1. The van der Waals surface area contributed by atoms with Crippen molar-refractivity contribution in [2.75, 3.05) is 13.1 Å². The molecule has 2 N–H and O–H groups in total. The van der Waals surface area contributed by atoms with Crippen LogP contribution in [0.1, 0.15) is 61.8 Å². The van der Waals surface area contributed by atoms with Crippen LogP contribution in [0.25, 0.3) is 0 Å². The number of carboxylic acid groups (broad SMARTS) is 1. The van der Waals surface area contributed by atoms with Gasteiger partial charge in [0.05, 0.1) is 13.1 Å². The zero-order valence-electron chi connectivity index (χ0n) is 17.5. The van der Waals surface area contributed by atoms with Gasteiger partial charge in [-0.1, -0.05) is 20.8 Å². The summed E-state index contributed by atoms with van der Waals surface area (Å²) in [4.78, 5) is 40.5. The van der Waals surface area contributed by atoms with E-state index in [1.54, 1.807) is 22.7 Å². The summed E-state index contributed by atoms with van der Waals surface area (Å²) in [5.74, 6) is -1.08. The molecule has 29 heavy (non-hydrogen) atoms. The lowest BCUT2D eigenvalue weighted by Gasteiger charge is -2.46. The highest BCUT2D eigenvalue weighted by Crippen LogP contribution is 2.46. The Morgan fingerprint density at radius 1 is 1.34 bits per heavy atom. The summed E-state index contributed by atoms with van der Waals surface area (Å²) < 4.78 is 1.59. The first-order valence-corrected chi connectivity index (χ1v) is 9.91. The highest BCUT2D eigenvalue weighted by atomic mass is 16.4. The topological polar surface area (TPSA) is 117 Å². The van der Waals surface area contributed by atoms with Crippen molar-refractivity contribution in [3.63, 3.8) is 0 Å². The van der Waals surface area contributed by atoms with Crippen LogP contribution in [0.15, 0.2) is 4.99 Å². The third kappa shape index (κ3) is 4.50. The molecule has 2 heterocycles. The number of aromatic nitrogens is 2. The summed E-state index contributed by atoms with van der Waals surface area (Å²) in [7, 11) is 1.73. The Morgan fingerprint density at radius 3 is 2.72 bits per heavy atom. The largest absolute Gasteiger partial charge is 0.476 e. The van der Waals surface area contributed by atoms with Crippen molar-refractivity contribution in [3.05, 3.63) is 17.0 Å². The van der Waals surface area contributed by atoms with Crippen molar-refractivity contribution in [1.82, 2.24) is 20.0 Å². The van der Waals surface area contributed by atoms with E-state index in [4.69, 9.17) is 0 Å². The number of nitrogens with zero attached hydrogens (tertiary/aromatic N) is 4. The van der Waals surface area contributed by atoms with Crippen molar-refractivity contribution in [2.45, 2.75) is 59.0 Å². The average molecular weight is 403 g/mol. The predicted octanol–water partition coefficient (Wildman–Crippen LogP) is 2.11. The molecule has 0 saturated heterocycles. The van der Waals surface area contributed by atoms with Gasteiger partial charge in [-0.25, -0.2) is 19.4 Å². The molecule has 1 aliphatic heterocycles. The fourth-order valence-corrected chi connectivity index (χ4v) is 5.28. The van der Waals surface area contributed by atoms with E-state index in [0.29, 0.717) is 25.1 Å². The molecule has 1 aliphatic carbocycles. The Labute approximate surface area is 170 Å². The number of carbonyl (C=O) groups is 2. The molecular formula is C20H29N5O4. The van der Waals surface area contributed by atoms with Crippen molar-refractivity contribution in [2.24, 2.45) is 22.9 Å². The van der Waals surface area contributed by atoms with Crippen LogP contribution >= 0.6 is 0 Å². The van der Waals surface area contributed by atoms with Gasteiger partial charge < -0.3 is 15.3 Å². The molecule has 1 aromatic rings. The second kappa shape index (κ2) is 7.63. The standard InChI is InChI=1S/C20H29N5O4/c1-19(2)7-13(8-20(3,10-19)11-21-12-26)22-18(29)25-6-5-15-14(9-25)16(17(27)28)23-24(15)4/h13H,5-11H2,1-4H3,(H,22,29)(H,27,28). The lowest BCUT2D eigenvalue weighted by molar-refractivity contribution is 0.0684. The molecule has 1 saturated carbocycles. The van der Waals surface area contributed by atoms with Gasteiger partial charge in [-0.15, -0.1) is 0 Å². The fraction of sp³-hybridized carbons (Fsp3) is 0.700. The molecule has 0 bridgehead atoms. The minimum Gasteiger partial charge on any atom is -0.476 e. The van der Waals surface area contributed by atoms with E-state index in [0.717, 1.165) is 25.0 Å². The van der Waals surface area contributed by atoms with E-state index in [2.05, 4.69) is 36.2 Å². The van der Waals surface area contributed by atoms with E-state index in [1.165, 1.54) is 0 Å². The minimum atomic E-state index is -1.08. The van der Waals surface area contributed by atoms with E-state index in [-0.39, 0.29) is 35.1 Å². The van der Waals surface area contributed by atoms with Crippen molar-refractivity contribution >= 4 is 18.1 Å². The number of hydrogen-bond acceptors (Lipinski definition) is 5. The lowest BCUT2D eigenvalue weighted by atomic mass is 9.62. The van der Waals surface area contributed by atoms with Gasteiger partial charge in [0, 0.05) is 37.3 Å². The number of fused-ring (bicyclic) bond motifs is 1. The first-order chi connectivity index (χ1) is 13.5. The molecule has 3 rings (SSSR count). The summed E-state index contributed by atoms with van der Waals surface area (Å²) in [5, 5.41) is 16.6. The number of rotatable bonds is 4. The van der Waals surface area contributed by atoms with Crippen LogP contribution in [0.2, 0.25) is 0 Å². The van der Waals surface area contributed by atoms with Gasteiger partial charge in [0.1, 0.15) is 0 Å². The number of urea groups is 1. The summed E-state index contributed by atoms with van der Waals surface area (Å²) >= 11 is 0. The van der Waals surface area contributed by atoms with Gasteiger partial charge in [0.15, 0.2) is 5.69 Å². The Bertz CT molecular complexity index is 870. The normalized spacial score (nSPS) is 25.7.